The van der Waals surface area contributed by atoms with Crippen LogP contribution in [0.4, 0.5) is 5.69 Å². The molecule has 1 aromatic heterocycles. The number of thiazole rings is 1. The fraction of sp³-hybridized carbons (Fsp3) is 0.348. The number of nitrogens with one attached hydrogen (secondary N) is 2. The monoisotopic (exact) mass is 424 g/mol. The minimum atomic E-state index is -0.419. The Labute approximate surface area is 179 Å². The zero-order valence-electron chi connectivity index (χ0n) is 17.0. The van der Waals surface area contributed by atoms with E-state index in [1.807, 2.05) is 6.07 Å². The van der Waals surface area contributed by atoms with E-state index in [4.69, 9.17) is 9.72 Å². The molecule has 7 heteroatoms. The van der Waals surface area contributed by atoms with Crippen LogP contribution in [0.3, 0.4) is 0 Å². The minimum Gasteiger partial charge on any atom is -0.462 e. The Bertz CT molecular complexity index is 1010. The Hall–Kier alpha value is -2.77. The number of hydrogen-bond donors (Lipinski definition) is 2. The summed E-state index contributed by atoms with van der Waals surface area (Å²) in [7, 11) is 0. The van der Waals surface area contributed by atoms with Crippen molar-refractivity contribution in [3.8, 4) is 0 Å². The fourth-order valence-electron chi connectivity index (χ4n) is 3.91. The summed E-state index contributed by atoms with van der Waals surface area (Å²) in [5.74, 6) is -0.0312. The number of aromatic nitrogens is 1. The van der Waals surface area contributed by atoms with E-state index >= 15 is 0 Å². The number of hydrogen-bond acceptors (Lipinski definition) is 5. The van der Waals surface area contributed by atoms with Gasteiger partial charge in [0.1, 0.15) is 0 Å². The summed E-state index contributed by atoms with van der Waals surface area (Å²) in [6, 6.07) is 15.2. The van der Waals surface area contributed by atoms with Gasteiger partial charge in [-0.3, -0.25) is 4.79 Å². The smallest absolute Gasteiger partial charge is 0.340 e. The minimum absolute atomic E-state index is 0.0832. The third kappa shape index (κ3) is 4.68. The summed E-state index contributed by atoms with van der Waals surface area (Å²) >= 11 is 1.79. The highest BCUT2D eigenvalue weighted by molar-refractivity contribution is 7.18. The molecule has 1 aliphatic heterocycles. The van der Waals surface area contributed by atoms with Gasteiger partial charge < -0.3 is 15.0 Å². The molecule has 2 N–H and O–H groups in total. The molecule has 1 fully saturated rings. The van der Waals surface area contributed by atoms with Crippen LogP contribution in [-0.2, 0) is 9.53 Å². The van der Waals surface area contributed by atoms with E-state index in [1.165, 1.54) is 14.6 Å². The first-order chi connectivity index (χ1) is 14.6. The molecule has 0 spiro atoms. The van der Waals surface area contributed by atoms with Crippen LogP contribution < -0.4 is 10.2 Å². The highest BCUT2D eigenvalue weighted by Crippen LogP contribution is 2.31. The summed E-state index contributed by atoms with van der Waals surface area (Å²) in [6.45, 7) is 4.33. The van der Waals surface area contributed by atoms with Crippen LogP contribution in [0, 0.1) is 0 Å². The van der Waals surface area contributed by atoms with Crippen molar-refractivity contribution < 1.29 is 19.2 Å². The molecular weight excluding hydrogens is 398 g/mol. The Morgan fingerprint density at radius 2 is 1.87 bits per heavy atom. The first-order valence-corrected chi connectivity index (χ1v) is 11.2. The van der Waals surface area contributed by atoms with Crippen molar-refractivity contribution in [1.29, 1.82) is 0 Å². The number of anilines is 1. The number of likely N-dealkylation sites (tertiary alicyclic amines) is 1. The maximum Gasteiger partial charge on any atom is 0.340 e. The topological polar surface area (TPSA) is 72.7 Å². The summed E-state index contributed by atoms with van der Waals surface area (Å²) in [5, 5.41) is 4.10. The number of amides is 1. The Balaban J connectivity index is 1.32. The molecule has 3 aromatic rings. The Morgan fingerprint density at radius 3 is 2.63 bits per heavy atom. The van der Waals surface area contributed by atoms with E-state index in [0.717, 1.165) is 31.4 Å². The zero-order valence-corrected chi connectivity index (χ0v) is 17.8. The standard InChI is InChI=1S/C23H25N3O3S/c1-2-29-23(28)17-7-3-4-8-18(17)24-21(27)15-26-13-11-16(12-14-26)22-25-19-9-5-6-10-20(19)30-22/h3-10,16H,2,11-15H2,1H3,(H,24,27)/p+1. The average Bonchev–Trinajstić information content (AvgIpc) is 3.19. The van der Waals surface area contributed by atoms with Crippen molar-refractivity contribution in [2.45, 2.75) is 25.7 Å². The maximum atomic E-state index is 12.6. The molecule has 0 saturated carbocycles. The fourth-order valence-corrected chi connectivity index (χ4v) is 5.05. The van der Waals surface area contributed by atoms with E-state index < -0.39 is 5.97 Å². The van der Waals surface area contributed by atoms with Crippen molar-refractivity contribution in [2.75, 3.05) is 31.6 Å². The summed E-state index contributed by atoms with van der Waals surface area (Å²) in [5.41, 5.74) is 1.97. The molecular formula is C23H26N3O3S+. The number of esters is 1. The summed E-state index contributed by atoms with van der Waals surface area (Å²) in [6.07, 6.45) is 2.06. The van der Waals surface area contributed by atoms with Gasteiger partial charge in [0.2, 0.25) is 0 Å². The average molecular weight is 425 g/mol. The van der Waals surface area contributed by atoms with Gasteiger partial charge in [0.05, 0.1) is 46.2 Å². The number of ether oxygens (including phenoxy) is 1. The molecule has 0 aliphatic carbocycles. The number of carbonyl (C=O) groups is 2. The van der Waals surface area contributed by atoms with Crippen molar-refractivity contribution in [2.24, 2.45) is 0 Å². The van der Waals surface area contributed by atoms with Gasteiger partial charge in [-0.2, -0.15) is 0 Å². The SMILES string of the molecule is CCOC(=O)c1ccccc1NC(=O)C[NH+]1CCC(c2nc3ccccc3s2)CC1. The number of carbonyl (C=O) groups excluding carboxylic acids is 2. The highest BCUT2D eigenvalue weighted by Gasteiger charge is 2.27. The van der Waals surface area contributed by atoms with Gasteiger partial charge >= 0.3 is 5.97 Å². The van der Waals surface area contributed by atoms with E-state index in [1.54, 1.807) is 42.5 Å². The number of piperidine rings is 1. The molecule has 1 saturated heterocycles. The van der Waals surface area contributed by atoms with Crippen LogP contribution in [0.1, 0.15) is 41.0 Å². The molecule has 0 atom stereocenters. The molecule has 0 radical (unpaired) electrons. The molecule has 30 heavy (non-hydrogen) atoms. The third-order valence-corrected chi connectivity index (χ3v) is 6.66. The van der Waals surface area contributed by atoms with Gasteiger partial charge in [0.15, 0.2) is 6.54 Å². The highest BCUT2D eigenvalue weighted by atomic mass is 32.1. The molecule has 4 rings (SSSR count). The lowest BCUT2D eigenvalue weighted by Crippen LogP contribution is -3.14. The first-order valence-electron chi connectivity index (χ1n) is 10.4. The first kappa shape index (κ1) is 20.5. The largest absolute Gasteiger partial charge is 0.462 e. The van der Waals surface area contributed by atoms with Crippen LogP contribution in [-0.4, -0.2) is 43.1 Å². The van der Waals surface area contributed by atoms with Crippen LogP contribution in [0.5, 0.6) is 0 Å². The second kappa shape index (κ2) is 9.36. The molecule has 2 aromatic carbocycles. The van der Waals surface area contributed by atoms with Gasteiger partial charge in [0, 0.05) is 18.8 Å². The lowest BCUT2D eigenvalue weighted by Gasteiger charge is -2.27. The summed E-state index contributed by atoms with van der Waals surface area (Å²) < 4.78 is 6.31. The molecule has 0 unspecified atom stereocenters. The third-order valence-electron chi connectivity index (χ3n) is 5.46. The number of quaternary nitrogens is 1. The molecule has 2 heterocycles. The number of benzene rings is 2. The van der Waals surface area contributed by atoms with Crippen LogP contribution in [0.2, 0.25) is 0 Å². The Morgan fingerprint density at radius 1 is 1.13 bits per heavy atom. The van der Waals surface area contributed by atoms with E-state index in [2.05, 4.69) is 23.5 Å². The van der Waals surface area contributed by atoms with Gasteiger partial charge in [-0.15, -0.1) is 11.3 Å². The van der Waals surface area contributed by atoms with Gasteiger partial charge in [0.25, 0.3) is 5.91 Å². The van der Waals surface area contributed by atoms with Crippen molar-refractivity contribution >= 4 is 39.1 Å². The van der Waals surface area contributed by atoms with E-state index in [0.29, 0.717) is 30.3 Å². The number of rotatable bonds is 6. The Kier molecular flexibility index (Phi) is 6.40. The van der Waals surface area contributed by atoms with Crippen molar-refractivity contribution in [1.82, 2.24) is 4.98 Å². The van der Waals surface area contributed by atoms with Crippen molar-refractivity contribution in [3.63, 3.8) is 0 Å². The number of nitrogens with zero attached hydrogens (tertiary/aromatic N) is 1. The number of para-hydroxylation sites is 2. The quantitative estimate of drug-likeness (QED) is 0.597. The van der Waals surface area contributed by atoms with E-state index in [-0.39, 0.29) is 5.91 Å². The predicted octanol–water partition coefficient (Wildman–Crippen LogP) is 2.87. The molecule has 1 amide bonds. The lowest BCUT2D eigenvalue weighted by atomic mass is 9.97. The van der Waals surface area contributed by atoms with Crippen molar-refractivity contribution in [3.05, 3.63) is 59.1 Å². The molecule has 156 valence electrons. The second-order valence-electron chi connectivity index (χ2n) is 7.54. The molecule has 6 nitrogen and oxygen atoms in total. The summed E-state index contributed by atoms with van der Waals surface area (Å²) in [4.78, 5) is 30.7. The van der Waals surface area contributed by atoms with E-state index in [9.17, 15) is 9.59 Å². The van der Waals surface area contributed by atoms with Gasteiger partial charge in [-0.25, -0.2) is 9.78 Å². The van der Waals surface area contributed by atoms with Crippen LogP contribution >= 0.6 is 11.3 Å². The maximum absolute atomic E-state index is 12.6. The zero-order chi connectivity index (χ0) is 20.9. The van der Waals surface area contributed by atoms with Crippen LogP contribution in [0.15, 0.2) is 48.5 Å². The number of fused-ring (bicyclic) bond motifs is 1. The molecule has 1 aliphatic rings. The lowest BCUT2D eigenvalue weighted by molar-refractivity contribution is -0.897. The molecule has 0 bridgehead atoms. The predicted molar refractivity (Wildman–Crippen MR) is 118 cm³/mol. The van der Waals surface area contributed by atoms with Gasteiger partial charge in [-0.1, -0.05) is 24.3 Å². The normalized spacial score (nSPS) is 18.8. The van der Waals surface area contributed by atoms with Gasteiger partial charge in [-0.05, 0) is 31.2 Å². The second-order valence-corrected chi connectivity index (χ2v) is 8.60. The van der Waals surface area contributed by atoms with Crippen LogP contribution in [0.25, 0.3) is 10.2 Å².